The molecule has 1 aromatic heterocycles. The Bertz CT molecular complexity index is 792. The first kappa shape index (κ1) is 20.7. The maximum atomic E-state index is 12.8. The van der Waals surface area contributed by atoms with Crippen molar-refractivity contribution in [2.45, 2.75) is 47.6 Å². The minimum Gasteiger partial charge on any atom is -0.461 e. The van der Waals surface area contributed by atoms with Crippen molar-refractivity contribution in [3.63, 3.8) is 0 Å². The number of benzene rings is 1. The van der Waals surface area contributed by atoms with Crippen LogP contribution in [0.15, 0.2) is 30.3 Å². The minimum atomic E-state index is -0.393. The molecule has 0 aliphatic heterocycles. The van der Waals surface area contributed by atoms with Crippen LogP contribution in [0.25, 0.3) is 0 Å². The Morgan fingerprint density at radius 2 is 1.81 bits per heavy atom. The van der Waals surface area contributed by atoms with Crippen molar-refractivity contribution in [3.05, 3.63) is 58.4 Å². The number of hydrogen-bond donors (Lipinski definition) is 1. The lowest BCUT2D eigenvalue weighted by Gasteiger charge is -2.12. The summed E-state index contributed by atoms with van der Waals surface area (Å²) in [4.78, 5) is 25.4. The van der Waals surface area contributed by atoms with Crippen LogP contribution in [-0.2, 0) is 11.3 Å². The molecule has 0 saturated heterocycles. The molecule has 0 unspecified atom stereocenters. The lowest BCUT2D eigenvalue weighted by molar-refractivity contribution is 0.0513. The summed E-state index contributed by atoms with van der Waals surface area (Å²) in [6, 6.07) is 9.89. The normalized spacial score (nSPS) is 10.9. The molecule has 2 aromatic rings. The van der Waals surface area contributed by atoms with Crippen LogP contribution in [0.1, 0.15) is 64.9 Å². The third-order valence-electron chi connectivity index (χ3n) is 4.65. The first-order valence-electron chi connectivity index (χ1n) is 9.55. The fourth-order valence-corrected chi connectivity index (χ4v) is 3.22. The third kappa shape index (κ3) is 5.00. The molecule has 0 radical (unpaired) electrons. The second-order valence-corrected chi connectivity index (χ2v) is 7.16. The summed E-state index contributed by atoms with van der Waals surface area (Å²) in [5.41, 5.74) is 3.53. The molecule has 0 aliphatic carbocycles. The molecule has 0 spiro atoms. The van der Waals surface area contributed by atoms with Gasteiger partial charge in [-0.3, -0.25) is 4.79 Å². The van der Waals surface area contributed by atoms with E-state index in [2.05, 4.69) is 19.2 Å². The van der Waals surface area contributed by atoms with E-state index in [0.717, 1.165) is 17.7 Å². The van der Waals surface area contributed by atoms with Gasteiger partial charge in [0.25, 0.3) is 5.91 Å². The first-order chi connectivity index (χ1) is 12.9. The summed E-state index contributed by atoms with van der Waals surface area (Å²) in [7, 11) is 0. The van der Waals surface area contributed by atoms with Gasteiger partial charge < -0.3 is 14.6 Å². The second-order valence-electron chi connectivity index (χ2n) is 7.16. The number of aromatic nitrogens is 1. The van der Waals surface area contributed by atoms with E-state index in [-0.39, 0.29) is 5.91 Å². The lowest BCUT2D eigenvalue weighted by atomic mass is 10.1. The quantitative estimate of drug-likeness (QED) is 0.712. The number of hydrogen-bond acceptors (Lipinski definition) is 3. The Hall–Kier alpha value is -2.56. The molecular weight excluding hydrogens is 340 g/mol. The Kier molecular flexibility index (Phi) is 7.22. The highest BCUT2D eigenvalue weighted by Crippen LogP contribution is 2.24. The molecule has 1 aromatic carbocycles. The van der Waals surface area contributed by atoms with E-state index >= 15 is 0 Å². The molecule has 0 aliphatic rings. The van der Waals surface area contributed by atoms with Gasteiger partial charge in [0.2, 0.25) is 0 Å². The SMILES string of the molecule is CCOC(=O)c1c(C)c(C(=O)NCCC(C)C)c(C)n1Cc1ccccc1. The zero-order chi connectivity index (χ0) is 20.0. The van der Waals surface area contributed by atoms with Gasteiger partial charge in [-0.15, -0.1) is 0 Å². The molecule has 1 heterocycles. The van der Waals surface area contributed by atoms with E-state index in [1.807, 2.05) is 48.7 Å². The average Bonchev–Trinajstić information content (AvgIpc) is 2.86. The van der Waals surface area contributed by atoms with Gasteiger partial charge in [0.1, 0.15) is 5.69 Å². The van der Waals surface area contributed by atoms with Gasteiger partial charge in [0.05, 0.1) is 12.2 Å². The van der Waals surface area contributed by atoms with Crippen LogP contribution in [0, 0.1) is 19.8 Å². The highest BCUT2D eigenvalue weighted by molar-refractivity contribution is 6.01. The van der Waals surface area contributed by atoms with E-state index in [4.69, 9.17) is 4.74 Å². The summed E-state index contributed by atoms with van der Waals surface area (Å²) < 4.78 is 7.15. The van der Waals surface area contributed by atoms with Crippen molar-refractivity contribution in [3.8, 4) is 0 Å². The molecule has 0 saturated carbocycles. The van der Waals surface area contributed by atoms with Crippen LogP contribution < -0.4 is 5.32 Å². The summed E-state index contributed by atoms with van der Waals surface area (Å²) in [5.74, 6) is -0.0106. The van der Waals surface area contributed by atoms with Gasteiger partial charge in [-0.25, -0.2) is 4.79 Å². The number of nitrogens with one attached hydrogen (secondary N) is 1. The van der Waals surface area contributed by atoms with Crippen LogP contribution in [-0.4, -0.2) is 29.6 Å². The maximum absolute atomic E-state index is 12.8. The predicted octanol–water partition coefficient (Wildman–Crippen LogP) is 4.11. The minimum absolute atomic E-state index is 0.136. The number of nitrogens with zero attached hydrogens (tertiary/aromatic N) is 1. The van der Waals surface area contributed by atoms with Crippen LogP contribution in [0.2, 0.25) is 0 Å². The Morgan fingerprint density at radius 1 is 1.15 bits per heavy atom. The molecule has 0 fully saturated rings. The number of carbonyl (C=O) groups excluding carboxylic acids is 2. The average molecular weight is 370 g/mol. The van der Waals surface area contributed by atoms with E-state index in [1.54, 1.807) is 6.92 Å². The van der Waals surface area contributed by atoms with E-state index in [1.165, 1.54) is 0 Å². The number of esters is 1. The van der Waals surface area contributed by atoms with Crippen LogP contribution in [0.4, 0.5) is 0 Å². The second kappa shape index (κ2) is 9.40. The summed E-state index contributed by atoms with van der Waals surface area (Å²) >= 11 is 0. The van der Waals surface area contributed by atoms with Gasteiger partial charge in [-0.05, 0) is 44.2 Å². The van der Waals surface area contributed by atoms with Gasteiger partial charge in [-0.2, -0.15) is 0 Å². The molecule has 5 heteroatoms. The number of rotatable bonds is 8. The molecule has 2 rings (SSSR count). The molecule has 0 atom stereocenters. The molecule has 146 valence electrons. The Labute approximate surface area is 161 Å². The van der Waals surface area contributed by atoms with Crippen molar-refractivity contribution >= 4 is 11.9 Å². The van der Waals surface area contributed by atoms with E-state index in [0.29, 0.717) is 42.4 Å². The largest absolute Gasteiger partial charge is 0.461 e. The van der Waals surface area contributed by atoms with Crippen LogP contribution in [0.3, 0.4) is 0 Å². The highest BCUT2D eigenvalue weighted by atomic mass is 16.5. The molecule has 5 nitrogen and oxygen atoms in total. The summed E-state index contributed by atoms with van der Waals surface area (Å²) in [5, 5.41) is 2.98. The van der Waals surface area contributed by atoms with Crippen LogP contribution >= 0.6 is 0 Å². The van der Waals surface area contributed by atoms with Crippen molar-refractivity contribution < 1.29 is 14.3 Å². The predicted molar refractivity (Wildman–Crippen MR) is 107 cm³/mol. The fraction of sp³-hybridized carbons (Fsp3) is 0.455. The molecule has 27 heavy (non-hydrogen) atoms. The first-order valence-corrected chi connectivity index (χ1v) is 9.55. The zero-order valence-corrected chi connectivity index (χ0v) is 17.0. The van der Waals surface area contributed by atoms with Gasteiger partial charge in [-0.1, -0.05) is 44.2 Å². The van der Waals surface area contributed by atoms with E-state index in [9.17, 15) is 9.59 Å². The van der Waals surface area contributed by atoms with E-state index < -0.39 is 5.97 Å². The topological polar surface area (TPSA) is 60.3 Å². The number of amides is 1. The van der Waals surface area contributed by atoms with Crippen LogP contribution in [0.5, 0.6) is 0 Å². The Morgan fingerprint density at radius 3 is 2.41 bits per heavy atom. The number of carbonyl (C=O) groups is 2. The number of ether oxygens (including phenoxy) is 1. The summed E-state index contributed by atoms with van der Waals surface area (Å²) in [6.45, 7) is 11.2. The third-order valence-corrected chi connectivity index (χ3v) is 4.65. The molecule has 1 amide bonds. The molecular formula is C22H30N2O3. The monoisotopic (exact) mass is 370 g/mol. The van der Waals surface area contributed by atoms with Crippen molar-refractivity contribution in [2.24, 2.45) is 5.92 Å². The smallest absolute Gasteiger partial charge is 0.355 e. The zero-order valence-electron chi connectivity index (χ0n) is 17.0. The fourth-order valence-electron chi connectivity index (χ4n) is 3.22. The van der Waals surface area contributed by atoms with Crippen molar-refractivity contribution in [1.82, 2.24) is 9.88 Å². The lowest BCUT2D eigenvalue weighted by Crippen LogP contribution is -2.26. The molecule has 0 bridgehead atoms. The summed E-state index contributed by atoms with van der Waals surface area (Å²) in [6.07, 6.45) is 0.916. The van der Waals surface area contributed by atoms with Gasteiger partial charge >= 0.3 is 5.97 Å². The van der Waals surface area contributed by atoms with Gasteiger partial charge in [0.15, 0.2) is 0 Å². The van der Waals surface area contributed by atoms with Crippen molar-refractivity contribution in [1.29, 1.82) is 0 Å². The standard InChI is InChI=1S/C22H30N2O3/c1-6-27-22(26)20-16(4)19(21(25)23-13-12-15(2)3)17(5)24(20)14-18-10-8-7-9-11-18/h7-11,15H,6,12-14H2,1-5H3,(H,23,25). The van der Waals surface area contributed by atoms with Crippen molar-refractivity contribution in [2.75, 3.05) is 13.2 Å². The van der Waals surface area contributed by atoms with Gasteiger partial charge in [0, 0.05) is 18.8 Å². The maximum Gasteiger partial charge on any atom is 0.355 e. The highest BCUT2D eigenvalue weighted by Gasteiger charge is 2.27. The molecule has 1 N–H and O–H groups in total. The Balaban J connectivity index is 2.41.